The molecule has 24 rings (SSSR count). The number of pyridine rings is 1. The van der Waals surface area contributed by atoms with Gasteiger partial charge in [0.25, 0.3) is 0 Å². The van der Waals surface area contributed by atoms with Crippen molar-refractivity contribution < 1.29 is 0 Å². The lowest BCUT2D eigenvalue weighted by Gasteiger charge is -2.15. The van der Waals surface area contributed by atoms with Crippen LogP contribution in [0.25, 0.3) is 202 Å². The standard InChI is InChI=1S/C43H28N4.C37H24N4.C30H19N5/c1-4-14-28(15-5-1)32-24-33(26-34(25-32)43-44-38-23-13-12-22-36(38)39(45-43)29-16-6-2-7-17-29)40-37-27-31-20-10-11-21-35(31)41(37)47-42(46-40)30-18-8-3-9-19-30;1-3-11-24(12-4-1)27-19-28(34-32-22-26-15-7-8-16-30(26)36(32)39-23-38-34)21-29(20-27)37-40-33-18-10-9-17-31(33)35(41-37)25-13-5-2-6-14-25;1-2-9-19(10-3-1)27-22-13-6-7-14-24(22)34-30(35-27)26-16-8-15-25(33-26)29-23-17-20-11-4-5-12-21(20)28(23)31-18-32-29/h1-26H,27H2;1-21,23H,22H2;1-16,18H,17H2. The van der Waals surface area contributed by atoms with Crippen LogP contribution < -0.4 is 0 Å². The van der Waals surface area contributed by atoms with Gasteiger partial charge in [0.15, 0.2) is 23.3 Å². The lowest BCUT2D eigenvalue weighted by Crippen LogP contribution is -2.00. The van der Waals surface area contributed by atoms with Gasteiger partial charge in [-0.15, -0.1) is 0 Å². The normalized spacial score (nSPS) is 11.8. The second-order valence-electron chi connectivity index (χ2n) is 30.8. The van der Waals surface area contributed by atoms with Crippen molar-refractivity contribution in [3.63, 3.8) is 0 Å². The van der Waals surface area contributed by atoms with Crippen molar-refractivity contribution in [2.75, 3.05) is 0 Å². The molecule has 0 atom stereocenters. The Kier molecular flexibility index (Phi) is 18.8. The third-order valence-electron chi connectivity index (χ3n) is 23.2. The van der Waals surface area contributed by atoms with E-state index in [9.17, 15) is 0 Å². The number of aromatic nitrogens is 13. The highest BCUT2D eigenvalue weighted by atomic mass is 15.0. The summed E-state index contributed by atoms with van der Waals surface area (Å²) in [7, 11) is 0. The average molecular weight is 1570 g/mol. The Labute approximate surface area is 709 Å². The van der Waals surface area contributed by atoms with Crippen molar-refractivity contribution in [1.82, 2.24) is 64.8 Å². The molecule has 0 N–H and O–H groups in total. The van der Waals surface area contributed by atoms with Crippen molar-refractivity contribution in [3.05, 3.63) is 428 Å². The number of fused-ring (bicyclic) bond motifs is 12. The van der Waals surface area contributed by atoms with Crippen LogP contribution in [0.2, 0.25) is 0 Å². The molecular weight excluding hydrogens is 1500 g/mol. The molecule has 0 fully saturated rings. The molecule has 0 bridgehead atoms. The number of nitrogens with zero attached hydrogens (tertiary/aromatic N) is 13. The Balaban J connectivity index is 0.000000111. The van der Waals surface area contributed by atoms with E-state index < -0.39 is 0 Å². The van der Waals surface area contributed by atoms with Crippen LogP contribution in [-0.4, -0.2) is 64.8 Å². The van der Waals surface area contributed by atoms with Crippen LogP contribution in [0.1, 0.15) is 33.4 Å². The summed E-state index contributed by atoms with van der Waals surface area (Å²) in [5.74, 6) is 2.68. The van der Waals surface area contributed by atoms with E-state index in [2.05, 4.69) is 259 Å². The molecule has 7 heterocycles. The van der Waals surface area contributed by atoms with Gasteiger partial charge in [0.2, 0.25) is 0 Å². The smallest absolute Gasteiger partial charge is 0.179 e. The Bertz CT molecular complexity index is 7650. The van der Waals surface area contributed by atoms with Gasteiger partial charge in [0.1, 0.15) is 18.3 Å². The lowest BCUT2D eigenvalue weighted by atomic mass is 9.95. The molecule has 0 unspecified atom stereocenters. The first kappa shape index (κ1) is 72.9. The molecule has 0 aliphatic heterocycles. The summed E-state index contributed by atoms with van der Waals surface area (Å²) in [6.07, 6.45) is 5.72. The average Bonchev–Trinajstić information content (AvgIpc) is 1.66. The summed E-state index contributed by atoms with van der Waals surface area (Å²) in [5.41, 5.74) is 36.1. The van der Waals surface area contributed by atoms with E-state index in [1.54, 1.807) is 12.7 Å². The van der Waals surface area contributed by atoms with Gasteiger partial charge >= 0.3 is 0 Å². The zero-order valence-electron chi connectivity index (χ0n) is 66.5. The van der Waals surface area contributed by atoms with E-state index >= 15 is 0 Å². The Morgan fingerprint density at radius 3 is 0.927 bits per heavy atom. The van der Waals surface area contributed by atoms with Gasteiger partial charge in [0, 0.05) is 113 Å². The molecule has 13 nitrogen and oxygen atoms in total. The first-order chi connectivity index (χ1) is 60.9. The maximum absolute atomic E-state index is 5.30. The molecule has 3 aliphatic carbocycles. The third-order valence-corrected chi connectivity index (χ3v) is 23.2. The fourth-order valence-corrected chi connectivity index (χ4v) is 17.3. The number of benzene rings is 14. The summed E-state index contributed by atoms with van der Waals surface area (Å²) >= 11 is 0. The molecule has 3 aliphatic rings. The van der Waals surface area contributed by atoms with Gasteiger partial charge in [-0.2, -0.15) is 0 Å². The van der Waals surface area contributed by atoms with Gasteiger partial charge in [-0.1, -0.05) is 315 Å². The summed E-state index contributed by atoms with van der Waals surface area (Å²) < 4.78 is 0. The van der Waals surface area contributed by atoms with Crippen molar-refractivity contribution >= 4 is 32.7 Å². The predicted molar refractivity (Wildman–Crippen MR) is 493 cm³/mol. The van der Waals surface area contributed by atoms with Crippen LogP contribution in [0.4, 0.5) is 0 Å². The van der Waals surface area contributed by atoms with E-state index in [-0.39, 0.29) is 0 Å². The topological polar surface area (TPSA) is 168 Å². The SMILES string of the molecule is c1ccc(-c2cc(-c3nc(-c4ccccc4)c4ccccc4n3)cc(-c3nc(-c4ccccc4)nc4c3Cc3ccccc3-4)c2)cc1.c1ccc(-c2cc(-c3nc(-c4ccccc4)c4ccccc4n3)cc(-c3ncnc4c3Cc3ccccc3-4)c2)cc1.c1ccc(-c2nc(-c3cccc(-c4ncnc5c4Cc4ccccc4-5)n3)nc3ccccc23)cc1. The summed E-state index contributed by atoms with van der Waals surface area (Å²) in [6, 6.07) is 131. The van der Waals surface area contributed by atoms with Crippen LogP contribution >= 0.6 is 0 Å². The zero-order valence-corrected chi connectivity index (χ0v) is 66.5. The van der Waals surface area contributed by atoms with Crippen molar-refractivity contribution in [3.8, 4) is 169 Å². The third kappa shape index (κ3) is 14.1. The largest absolute Gasteiger partial charge is 0.243 e. The van der Waals surface area contributed by atoms with Crippen molar-refractivity contribution in [2.24, 2.45) is 0 Å². The highest BCUT2D eigenvalue weighted by molar-refractivity contribution is 5.98. The van der Waals surface area contributed by atoms with Gasteiger partial charge in [-0.05, 0) is 106 Å². The summed E-state index contributed by atoms with van der Waals surface area (Å²) in [4.78, 5) is 64.6. The molecular formula is C110H71N13. The summed E-state index contributed by atoms with van der Waals surface area (Å²) in [6.45, 7) is 0. The lowest BCUT2D eigenvalue weighted by molar-refractivity contribution is 1.10. The van der Waals surface area contributed by atoms with E-state index in [0.717, 1.165) is 198 Å². The summed E-state index contributed by atoms with van der Waals surface area (Å²) in [5, 5.41) is 3.08. The Morgan fingerprint density at radius 2 is 0.463 bits per heavy atom. The fraction of sp³-hybridized carbons (Fsp3) is 0.0273. The second kappa shape index (κ2) is 31.7. The number of hydrogen-bond donors (Lipinski definition) is 0. The van der Waals surface area contributed by atoms with Crippen LogP contribution in [0.3, 0.4) is 0 Å². The second-order valence-corrected chi connectivity index (χ2v) is 30.8. The van der Waals surface area contributed by atoms with Gasteiger partial charge in [-0.3, -0.25) is 0 Å². The first-order valence-corrected chi connectivity index (χ1v) is 41.2. The highest BCUT2D eigenvalue weighted by Crippen LogP contribution is 2.46. The van der Waals surface area contributed by atoms with E-state index in [1.807, 2.05) is 133 Å². The van der Waals surface area contributed by atoms with Gasteiger partial charge in [0.05, 0.1) is 73.5 Å². The van der Waals surface area contributed by atoms with Gasteiger partial charge < -0.3 is 0 Å². The van der Waals surface area contributed by atoms with Crippen molar-refractivity contribution in [1.29, 1.82) is 0 Å². The first-order valence-electron chi connectivity index (χ1n) is 41.2. The van der Waals surface area contributed by atoms with E-state index in [1.165, 1.54) is 33.4 Å². The zero-order chi connectivity index (χ0) is 81.5. The van der Waals surface area contributed by atoms with Crippen LogP contribution in [0.15, 0.2) is 395 Å². The van der Waals surface area contributed by atoms with E-state index in [0.29, 0.717) is 23.2 Å². The minimum absolute atomic E-state index is 0.596. The molecule has 0 saturated carbocycles. The predicted octanol–water partition coefficient (Wildman–Crippen LogP) is 25.4. The Morgan fingerprint density at radius 1 is 0.163 bits per heavy atom. The number of rotatable bonds is 12. The number of para-hydroxylation sites is 3. The maximum Gasteiger partial charge on any atom is 0.179 e. The molecule has 0 radical (unpaired) electrons. The molecule has 576 valence electrons. The minimum atomic E-state index is 0.596. The molecule has 14 aromatic carbocycles. The van der Waals surface area contributed by atoms with E-state index in [4.69, 9.17) is 54.8 Å². The maximum atomic E-state index is 5.30. The van der Waals surface area contributed by atoms with Crippen LogP contribution in [0.5, 0.6) is 0 Å². The molecule has 7 aromatic heterocycles. The molecule has 0 saturated heterocycles. The minimum Gasteiger partial charge on any atom is -0.243 e. The molecule has 123 heavy (non-hydrogen) atoms. The van der Waals surface area contributed by atoms with Gasteiger partial charge in [-0.25, -0.2) is 64.8 Å². The van der Waals surface area contributed by atoms with Crippen LogP contribution in [-0.2, 0) is 19.3 Å². The Hall–Kier alpha value is -16.5. The van der Waals surface area contributed by atoms with Crippen molar-refractivity contribution in [2.45, 2.75) is 19.3 Å². The number of hydrogen-bond acceptors (Lipinski definition) is 13. The van der Waals surface area contributed by atoms with Crippen LogP contribution in [0, 0.1) is 0 Å². The molecule has 0 amide bonds. The monoisotopic (exact) mass is 1570 g/mol. The fourth-order valence-electron chi connectivity index (χ4n) is 17.3. The molecule has 21 aromatic rings. The highest BCUT2D eigenvalue weighted by Gasteiger charge is 2.30. The molecule has 0 spiro atoms. The quantitative estimate of drug-likeness (QED) is 0.113. The molecule has 13 heteroatoms.